The van der Waals surface area contributed by atoms with E-state index in [1.54, 1.807) is 4.57 Å². The topological polar surface area (TPSA) is 126 Å². The van der Waals surface area contributed by atoms with Crippen LogP contribution < -0.4 is 5.32 Å². The van der Waals surface area contributed by atoms with E-state index in [1.165, 1.54) is 23.8 Å². The van der Waals surface area contributed by atoms with Crippen LogP contribution in [-0.2, 0) is 4.74 Å². The fourth-order valence-electron chi connectivity index (χ4n) is 3.29. The Hall–Kier alpha value is -2.33. The van der Waals surface area contributed by atoms with Crippen molar-refractivity contribution >= 4 is 17.0 Å². The van der Waals surface area contributed by atoms with Gasteiger partial charge in [0.15, 0.2) is 23.2 Å². The maximum Gasteiger partial charge on any atom is 0.167 e. The Morgan fingerprint density at radius 1 is 1.17 bits per heavy atom. The highest BCUT2D eigenvalue weighted by Crippen LogP contribution is 2.32. The van der Waals surface area contributed by atoms with Crippen molar-refractivity contribution in [1.29, 1.82) is 0 Å². The number of nitrogens with zero attached hydrogens (tertiary/aromatic N) is 4. The third-order valence-electron chi connectivity index (χ3n) is 4.96. The molecule has 0 unspecified atom stereocenters. The molecule has 1 aliphatic heterocycles. The molecule has 29 heavy (non-hydrogen) atoms. The quantitative estimate of drug-likeness (QED) is 0.489. The lowest BCUT2D eigenvalue weighted by Crippen LogP contribution is -2.33. The smallest absolute Gasteiger partial charge is 0.167 e. The second-order valence-corrected chi connectivity index (χ2v) is 7.53. The molecule has 0 bridgehead atoms. The van der Waals surface area contributed by atoms with Gasteiger partial charge < -0.3 is 25.4 Å². The van der Waals surface area contributed by atoms with Gasteiger partial charge in [-0.3, -0.25) is 4.57 Å². The van der Waals surface area contributed by atoms with E-state index in [0.717, 1.165) is 12.8 Å². The standard InChI is InChI=1S/C20H29N5O4/c1-12(2)5-4-6-13(3)7-8-21-18-15-19(23-10-22-18)25(11-24-15)20-17(28)16(27)14(9-26)29-20/h5,7,10-11,14,16-17,20,26-28H,4,6,8-9H2,1-3H3,(H,21,22,23)/b13-7+/t14-,16-,17-,20-/m1/s1. The third-order valence-corrected chi connectivity index (χ3v) is 4.96. The van der Waals surface area contributed by atoms with Gasteiger partial charge in [-0.1, -0.05) is 23.3 Å². The van der Waals surface area contributed by atoms with Gasteiger partial charge >= 0.3 is 0 Å². The van der Waals surface area contributed by atoms with Crippen LogP contribution in [0, 0.1) is 0 Å². The van der Waals surface area contributed by atoms with Crippen molar-refractivity contribution < 1.29 is 20.1 Å². The highest BCUT2D eigenvalue weighted by Gasteiger charge is 2.44. The average Bonchev–Trinajstić information content (AvgIpc) is 3.23. The molecule has 158 valence electrons. The molecular formula is C20H29N5O4. The van der Waals surface area contributed by atoms with Crippen molar-refractivity contribution in [3.05, 3.63) is 36.0 Å². The first-order valence-electron chi connectivity index (χ1n) is 9.75. The number of hydrogen-bond donors (Lipinski definition) is 4. The molecule has 0 aliphatic carbocycles. The van der Waals surface area contributed by atoms with Crippen LogP contribution in [0.1, 0.15) is 39.8 Å². The average molecular weight is 403 g/mol. The number of fused-ring (bicyclic) bond motifs is 1. The Balaban J connectivity index is 1.71. The van der Waals surface area contributed by atoms with Gasteiger partial charge in [-0.15, -0.1) is 0 Å². The van der Waals surface area contributed by atoms with Gasteiger partial charge in [0.05, 0.1) is 12.9 Å². The monoisotopic (exact) mass is 403 g/mol. The molecule has 1 saturated heterocycles. The summed E-state index contributed by atoms with van der Waals surface area (Å²) in [6.07, 6.45) is 5.17. The molecule has 1 fully saturated rings. The van der Waals surface area contributed by atoms with E-state index in [1.807, 2.05) is 0 Å². The maximum absolute atomic E-state index is 10.3. The molecule has 3 rings (SSSR count). The molecule has 3 heterocycles. The predicted octanol–water partition coefficient (Wildman–Crippen LogP) is 1.54. The van der Waals surface area contributed by atoms with Crippen molar-refractivity contribution in [2.75, 3.05) is 18.5 Å². The highest BCUT2D eigenvalue weighted by atomic mass is 16.6. The van der Waals surface area contributed by atoms with Crippen LogP contribution >= 0.6 is 0 Å². The Kier molecular flexibility index (Phi) is 6.96. The lowest BCUT2D eigenvalue weighted by Gasteiger charge is -2.16. The minimum Gasteiger partial charge on any atom is -0.394 e. The third kappa shape index (κ3) is 4.81. The molecule has 1 aliphatic rings. The maximum atomic E-state index is 10.3. The molecule has 9 heteroatoms. The molecule has 2 aromatic heterocycles. The van der Waals surface area contributed by atoms with Crippen LogP contribution in [0.3, 0.4) is 0 Å². The number of allylic oxidation sites excluding steroid dienone is 3. The fourth-order valence-corrected chi connectivity index (χ4v) is 3.29. The number of aliphatic hydroxyl groups excluding tert-OH is 3. The summed E-state index contributed by atoms with van der Waals surface area (Å²) in [5, 5.41) is 32.8. The van der Waals surface area contributed by atoms with E-state index in [-0.39, 0.29) is 6.61 Å². The lowest BCUT2D eigenvalue weighted by molar-refractivity contribution is -0.0511. The number of imidazole rings is 1. The predicted molar refractivity (Wildman–Crippen MR) is 109 cm³/mol. The Morgan fingerprint density at radius 2 is 1.97 bits per heavy atom. The Morgan fingerprint density at radius 3 is 2.66 bits per heavy atom. The van der Waals surface area contributed by atoms with Crippen LogP contribution in [0.15, 0.2) is 36.0 Å². The number of nitrogens with one attached hydrogen (secondary N) is 1. The van der Waals surface area contributed by atoms with Crippen LogP contribution in [-0.4, -0.2) is 66.3 Å². The van der Waals surface area contributed by atoms with E-state index < -0.39 is 24.5 Å². The number of ether oxygens (including phenoxy) is 1. The summed E-state index contributed by atoms with van der Waals surface area (Å²) >= 11 is 0. The van der Waals surface area contributed by atoms with Crippen LogP contribution in [0.2, 0.25) is 0 Å². The molecule has 4 atom stereocenters. The zero-order valence-electron chi connectivity index (χ0n) is 17.0. The number of aromatic nitrogens is 4. The highest BCUT2D eigenvalue weighted by molar-refractivity contribution is 5.82. The number of rotatable bonds is 8. The minimum atomic E-state index is -1.19. The summed E-state index contributed by atoms with van der Waals surface area (Å²) in [6, 6.07) is 0. The molecule has 0 saturated carbocycles. The van der Waals surface area contributed by atoms with Gasteiger partial charge in [-0.05, 0) is 33.6 Å². The second-order valence-electron chi connectivity index (χ2n) is 7.53. The van der Waals surface area contributed by atoms with Crippen molar-refractivity contribution in [1.82, 2.24) is 19.5 Å². The van der Waals surface area contributed by atoms with Crippen LogP contribution in [0.25, 0.3) is 11.2 Å². The molecule has 9 nitrogen and oxygen atoms in total. The van der Waals surface area contributed by atoms with Crippen LogP contribution in [0.5, 0.6) is 0 Å². The van der Waals surface area contributed by atoms with E-state index in [4.69, 9.17) is 4.74 Å². The van der Waals surface area contributed by atoms with E-state index in [9.17, 15) is 15.3 Å². The molecule has 2 aromatic rings. The van der Waals surface area contributed by atoms with E-state index in [0.29, 0.717) is 23.5 Å². The largest absolute Gasteiger partial charge is 0.394 e. The molecule has 0 aromatic carbocycles. The van der Waals surface area contributed by atoms with E-state index >= 15 is 0 Å². The SMILES string of the molecule is CC(C)=CCC/C(C)=C/CNc1ncnc2c1ncn2[C@@H]1O[C@H](CO)[C@@H](O)[C@H]1O. The fraction of sp³-hybridized carbons (Fsp3) is 0.550. The Bertz CT molecular complexity index is 890. The normalized spacial score (nSPS) is 24.8. The number of hydrogen-bond acceptors (Lipinski definition) is 8. The van der Waals surface area contributed by atoms with Gasteiger partial charge in [-0.25, -0.2) is 15.0 Å². The first-order chi connectivity index (χ1) is 13.9. The first kappa shape index (κ1) is 21.4. The van der Waals surface area contributed by atoms with Gasteiger partial charge in [0.1, 0.15) is 24.6 Å². The summed E-state index contributed by atoms with van der Waals surface area (Å²) in [4.78, 5) is 12.9. The lowest BCUT2D eigenvalue weighted by atomic mass is 10.1. The van der Waals surface area contributed by atoms with Crippen molar-refractivity contribution in [2.24, 2.45) is 0 Å². The van der Waals surface area contributed by atoms with Gasteiger partial charge in [0.25, 0.3) is 0 Å². The van der Waals surface area contributed by atoms with Crippen molar-refractivity contribution in [2.45, 2.75) is 58.2 Å². The summed E-state index contributed by atoms with van der Waals surface area (Å²) in [5.41, 5.74) is 3.63. The number of anilines is 1. The van der Waals surface area contributed by atoms with Crippen LogP contribution in [0.4, 0.5) is 5.82 Å². The summed E-state index contributed by atoms with van der Waals surface area (Å²) in [5.74, 6) is 0.578. The zero-order chi connectivity index (χ0) is 21.0. The van der Waals surface area contributed by atoms with Gasteiger partial charge in [-0.2, -0.15) is 0 Å². The van der Waals surface area contributed by atoms with Crippen molar-refractivity contribution in [3.8, 4) is 0 Å². The van der Waals surface area contributed by atoms with E-state index in [2.05, 4.69) is 53.2 Å². The molecule has 0 amide bonds. The second kappa shape index (κ2) is 9.45. The summed E-state index contributed by atoms with van der Waals surface area (Å²) < 4.78 is 7.12. The molecule has 4 N–H and O–H groups in total. The summed E-state index contributed by atoms with van der Waals surface area (Å²) in [6.45, 7) is 6.52. The number of aliphatic hydroxyl groups is 3. The van der Waals surface area contributed by atoms with Gasteiger partial charge in [0, 0.05) is 6.54 Å². The Labute approximate surface area is 169 Å². The summed E-state index contributed by atoms with van der Waals surface area (Å²) in [7, 11) is 0. The molecule has 0 radical (unpaired) electrons. The minimum absolute atomic E-state index is 0.386. The van der Waals surface area contributed by atoms with Crippen molar-refractivity contribution in [3.63, 3.8) is 0 Å². The first-order valence-corrected chi connectivity index (χ1v) is 9.75. The zero-order valence-corrected chi connectivity index (χ0v) is 17.0. The molecular weight excluding hydrogens is 374 g/mol. The van der Waals surface area contributed by atoms with Gasteiger partial charge in [0.2, 0.25) is 0 Å². The molecule has 0 spiro atoms.